The minimum atomic E-state index is 0.396. The molecule has 1 aromatic carbocycles. The molecular weight excluding hydrogens is 248 g/mol. The van der Waals surface area contributed by atoms with E-state index in [4.69, 9.17) is 0 Å². The van der Waals surface area contributed by atoms with Crippen LogP contribution in [0, 0.1) is 0 Å². The van der Waals surface area contributed by atoms with Crippen molar-refractivity contribution in [1.29, 1.82) is 0 Å². The minimum absolute atomic E-state index is 0.396. The zero-order valence-corrected chi connectivity index (χ0v) is 12.7. The maximum Gasteiger partial charge on any atom is 0.0292 e. The van der Waals surface area contributed by atoms with Crippen LogP contribution in [0.2, 0.25) is 0 Å². The molecular formula is C16H28N4. The van der Waals surface area contributed by atoms with E-state index in [0.717, 1.165) is 39.3 Å². The van der Waals surface area contributed by atoms with E-state index in [1.54, 1.807) is 0 Å². The molecule has 2 bridgehead atoms. The predicted molar refractivity (Wildman–Crippen MR) is 85.0 cm³/mol. The molecule has 0 saturated carbocycles. The summed E-state index contributed by atoms with van der Waals surface area (Å²) in [6, 6.07) is 9.69. The average Bonchev–Trinajstić information content (AvgIpc) is 2.48. The molecule has 20 heavy (non-hydrogen) atoms. The lowest BCUT2D eigenvalue weighted by Gasteiger charge is -2.18. The van der Waals surface area contributed by atoms with E-state index in [2.05, 4.69) is 59.4 Å². The van der Waals surface area contributed by atoms with Crippen molar-refractivity contribution in [2.24, 2.45) is 0 Å². The first kappa shape index (κ1) is 15.4. The lowest BCUT2D eigenvalue weighted by molar-refractivity contribution is 0.528. The van der Waals surface area contributed by atoms with Gasteiger partial charge in [0, 0.05) is 51.4 Å². The van der Waals surface area contributed by atoms with Crippen LogP contribution in [0.1, 0.15) is 37.1 Å². The van der Waals surface area contributed by atoms with Gasteiger partial charge in [0.25, 0.3) is 0 Å². The summed E-state index contributed by atoms with van der Waals surface area (Å²) in [5.41, 5.74) is 2.73. The maximum atomic E-state index is 3.57. The van der Waals surface area contributed by atoms with E-state index in [1.807, 2.05) is 0 Å². The molecule has 0 amide bonds. The van der Waals surface area contributed by atoms with Crippen molar-refractivity contribution in [2.75, 3.05) is 39.3 Å². The third kappa shape index (κ3) is 4.87. The van der Waals surface area contributed by atoms with Gasteiger partial charge in [-0.2, -0.15) is 0 Å². The van der Waals surface area contributed by atoms with Crippen molar-refractivity contribution in [3.05, 3.63) is 35.4 Å². The normalized spacial score (nSPS) is 26.5. The summed E-state index contributed by atoms with van der Waals surface area (Å²) in [6.45, 7) is 10.5. The van der Waals surface area contributed by atoms with Crippen LogP contribution >= 0.6 is 0 Å². The molecule has 0 radical (unpaired) electrons. The van der Waals surface area contributed by atoms with E-state index in [-0.39, 0.29) is 0 Å². The fourth-order valence-electron chi connectivity index (χ4n) is 2.51. The Kier molecular flexibility index (Phi) is 6.47. The largest absolute Gasteiger partial charge is 0.314 e. The zero-order chi connectivity index (χ0) is 14.2. The third-order valence-corrected chi connectivity index (χ3v) is 3.89. The molecule has 1 aromatic rings. The highest BCUT2D eigenvalue weighted by molar-refractivity contribution is 5.27. The van der Waals surface area contributed by atoms with Crippen LogP contribution < -0.4 is 21.3 Å². The average molecular weight is 276 g/mol. The summed E-state index contributed by atoms with van der Waals surface area (Å²) in [6.07, 6.45) is 0. The SMILES string of the molecule is C[C@@H]1NCCNCCNCCN[C@H](C)c2cccc1c2. The van der Waals surface area contributed by atoms with Gasteiger partial charge in [0.2, 0.25) is 0 Å². The number of hydrogen-bond donors (Lipinski definition) is 4. The van der Waals surface area contributed by atoms with Crippen LogP contribution in [0.15, 0.2) is 24.3 Å². The van der Waals surface area contributed by atoms with Gasteiger partial charge in [0.05, 0.1) is 0 Å². The van der Waals surface area contributed by atoms with Crippen molar-refractivity contribution in [3.8, 4) is 0 Å². The van der Waals surface area contributed by atoms with Gasteiger partial charge in [-0.3, -0.25) is 0 Å². The van der Waals surface area contributed by atoms with Crippen LogP contribution in [0.5, 0.6) is 0 Å². The molecule has 4 N–H and O–H groups in total. The minimum Gasteiger partial charge on any atom is -0.314 e. The Labute approximate surface area is 122 Å². The molecule has 0 fully saturated rings. The van der Waals surface area contributed by atoms with Gasteiger partial charge in [0.1, 0.15) is 0 Å². The Balaban J connectivity index is 2.03. The Morgan fingerprint density at radius 1 is 0.750 bits per heavy atom. The van der Waals surface area contributed by atoms with Gasteiger partial charge in [-0.25, -0.2) is 0 Å². The second-order valence-electron chi connectivity index (χ2n) is 5.52. The highest BCUT2D eigenvalue weighted by atomic mass is 15.0. The Morgan fingerprint density at radius 3 is 1.70 bits per heavy atom. The predicted octanol–water partition coefficient (Wildman–Crippen LogP) is 1.18. The Morgan fingerprint density at radius 2 is 1.20 bits per heavy atom. The molecule has 1 heterocycles. The standard InChI is InChI=1S/C16H28N4/c1-13-15-4-3-5-16(12-15)14(2)20-11-9-18-7-6-17-8-10-19-13/h3-5,12-14,17-20H,6-11H2,1-2H3/t13-,14+. The monoisotopic (exact) mass is 276 g/mol. The topological polar surface area (TPSA) is 48.1 Å². The molecule has 4 nitrogen and oxygen atoms in total. The molecule has 4 heteroatoms. The summed E-state index contributed by atoms with van der Waals surface area (Å²) in [4.78, 5) is 0. The van der Waals surface area contributed by atoms with Gasteiger partial charge >= 0.3 is 0 Å². The molecule has 0 spiro atoms. The first-order valence-electron chi connectivity index (χ1n) is 7.75. The quantitative estimate of drug-likeness (QED) is 0.575. The third-order valence-electron chi connectivity index (χ3n) is 3.89. The zero-order valence-electron chi connectivity index (χ0n) is 12.7. The molecule has 0 aromatic heterocycles. The number of hydrogen-bond acceptors (Lipinski definition) is 4. The molecule has 2 atom stereocenters. The number of rotatable bonds is 0. The van der Waals surface area contributed by atoms with E-state index < -0.39 is 0 Å². The second kappa shape index (κ2) is 8.37. The van der Waals surface area contributed by atoms with E-state index >= 15 is 0 Å². The molecule has 2 rings (SSSR count). The summed E-state index contributed by atoms with van der Waals surface area (Å²) in [5.74, 6) is 0. The van der Waals surface area contributed by atoms with Crippen molar-refractivity contribution >= 4 is 0 Å². The van der Waals surface area contributed by atoms with Gasteiger partial charge in [-0.05, 0) is 25.0 Å². The number of fused-ring (bicyclic) bond motifs is 2. The highest BCUT2D eigenvalue weighted by Gasteiger charge is 2.09. The van der Waals surface area contributed by atoms with E-state index in [0.29, 0.717) is 12.1 Å². The Bertz CT molecular complexity index is 361. The fraction of sp³-hybridized carbons (Fsp3) is 0.625. The summed E-state index contributed by atoms with van der Waals surface area (Å²) in [7, 11) is 0. The Hall–Kier alpha value is -0.940. The summed E-state index contributed by atoms with van der Waals surface area (Å²) < 4.78 is 0. The molecule has 0 unspecified atom stereocenters. The van der Waals surface area contributed by atoms with Gasteiger partial charge in [-0.1, -0.05) is 24.3 Å². The van der Waals surface area contributed by atoms with Crippen LogP contribution in [-0.2, 0) is 0 Å². The number of benzene rings is 1. The smallest absolute Gasteiger partial charge is 0.0292 e. The summed E-state index contributed by atoms with van der Waals surface area (Å²) >= 11 is 0. The van der Waals surface area contributed by atoms with Crippen molar-refractivity contribution < 1.29 is 0 Å². The van der Waals surface area contributed by atoms with Crippen LogP contribution in [0.4, 0.5) is 0 Å². The number of nitrogens with one attached hydrogen (secondary N) is 4. The molecule has 1 aliphatic heterocycles. The van der Waals surface area contributed by atoms with Crippen molar-refractivity contribution in [3.63, 3.8) is 0 Å². The van der Waals surface area contributed by atoms with Gasteiger partial charge in [-0.15, -0.1) is 0 Å². The van der Waals surface area contributed by atoms with Crippen LogP contribution in [0.3, 0.4) is 0 Å². The lowest BCUT2D eigenvalue weighted by atomic mass is 10.0. The van der Waals surface area contributed by atoms with Crippen LogP contribution in [0.25, 0.3) is 0 Å². The molecule has 0 saturated heterocycles. The summed E-state index contributed by atoms with van der Waals surface area (Å²) in [5, 5.41) is 14.0. The highest BCUT2D eigenvalue weighted by Crippen LogP contribution is 2.18. The van der Waals surface area contributed by atoms with E-state index in [9.17, 15) is 0 Å². The first-order valence-corrected chi connectivity index (χ1v) is 7.75. The van der Waals surface area contributed by atoms with Gasteiger partial charge in [0.15, 0.2) is 0 Å². The van der Waals surface area contributed by atoms with Crippen molar-refractivity contribution in [2.45, 2.75) is 25.9 Å². The maximum absolute atomic E-state index is 3.57. The molecule has 112 valence electrons. The van der Waals surface area contributed by atoms with Crippen molar-refractivity contribution in [1.82, 2.24) is 21.3 Å². The fourth-order valence-corrected chi connectivity index (χ4v) is 2.51. The second-order valence-corrected chi connectivity index (χ2v) is 5.52. The van der Waals surface area contributed by atoms with Crippen LogP contribution in [-0.4, -0.2) is 39.3 Å². The van der Waals surface area contributed by atoms with E-state index in [1.165, 1.54) is 11.1 Å². The molecule has 0 aliphatic carbocycles. The lowest BCUT2D eigenvalue weighted by Crippen LogP contribution is -2.35. The van der Waals surface area contributed by atoms with Gasteiger partial charge < -0.3 is 21.3 Å². The first-order chi connectivity index (χ1) is 9.77. The molecule has 1 aliphatic rings.